The van der Waals surface area contributed by atoms with Crippen LogP contribution in [0.2, 0.25) is 0 Å². The average Bonchev–Trinajstić information content (AvgIpc) is 2.49. The zero-order valence-electron chi connectivity index (χ0n) is 15.9. The smallest absolute Gasteiger partial charge is 0.164 e. The Morgan fingerprint density at radius 1 is 0.880 bits per heavy atom. The standard InChI is InChI=1S/C22H26O3/c1-12(23)15-9-14-10-17-18(22(5,6)8-7-21(17,3)4)11-16(14)19(13(2)24)20(15)25/h9-11,25H,7-8H2,1-6H3. The third-order valence-electron chi connectivity index (χ3n) is 5.82. The van der Waals surface area contributed by atoms with E-state index in [0.29, 0.717) is 0 Å². The van der Waals surface area contributed by atoms with Gasteiger partial charge in [0, 0.05) is 0 Å². The molecule has 0 spiro atoms. The van der Waals surface area contributed by atoms with Crippen molar-refractivity contribution in [1.29, 1.82) is 0 Å². The first kappa shape index (κ1) is 17.7. The first-order chi connectivity index (χ1) is 11.5. The minimum atomic E-state index is -0.237. The van der Waals surface area contributed by atoms with E-state index in [1.54, 1.807) is 6.07 Å². The Morgan fingerprint density at radius 2 is 1.40 bits per heavy atom. The topological polar surface area (TPSA) is 54.4 Å². The molecule has 0 unspecified atom stereocenters. The molecule has 132 valence electrons. The Hall–Kier alpha value is -2.16. The number of hydrogen-bond donors (Lipinski definition) is 1. The molecular weight excluding hydrogens is 312 g/mol. The Labute approximate surface area is 149 Å². The van der Waals surface area contributed by atoms with Crippen LogP contribution in [0.25, 0.3) is 10.8 Å². The van der Waals surface area contributed by atoms with Crippen LogP contribution in [0.4, 0.5) is 0 Å². The minimum Gasteiger partial charge on any atom is -0.506 e. The van der Waals surface area contributed by atoms with Gasteiger partial charge in [0.2, 0.25) is 0 Å². The Kier molecular flexibility index (Phi) is 3.83. The molecule has 2 aromatic carbocycles. The predicted molar refractivity (Wildman–Crippen MR) is 101 cm³/mol. The van der Waals surface area contributed by atoms with Gasteiger partial charge in [-0.25, -0.2) is 0 Å². The normalized spacial score (nSPS) is 18.0. The average molecular weight is 338 g/mol. The van der Waals surface area contributed by atoms with Crippen molar-refractivity contribution < 1.29 is 14.7 Å². The second-order valence-corrected chi connectivity index (χ2v) is 8.65. The van der Waals surface area contributed by atoms with Gasteiger partial charge in [0.15, 0.2) is 11.6 Å². The van der Waals surface area contributed by atoms with Crippen LogP contribution in [0.3, 0.4) is 0 Å². The summed E-state index contributed by atoms with van der Waals surface area (Å²) in [4.78, 5) is 24.2. The summed E-state index contributed by atoms with van der Waals surface area (Å²) >= 11 is 0. The summed E-state index contributed by atoms with van der Waals surface area (Å²) in [6.45, 7) is 11.8. The van der Waals surface area contributed by atoms with E-state index in [0.717, 1.165) is 23.6 Å². The quantitative estimate of drug-likeness (QED) is 0.756. The molecule has 1 aliphatic rings. The highest BCUT2D eigenvalue weighted by atomic mass is 16.3. The molecule has 0 aliphatic heterocycles. The summed E-state index contributed by atoms with van der Waals surface area (Å²) in [6.07, 6.45) is 2.17. The van der Waals surface area contributed by atoms with Gasteiger partial charge >= 0.3 is 0 Å². The van der Waals surface area contributed by atoms with Gasteiger partial charge in [-0.05, 0) is 71.6 Å². The number of carbonyl (C=O) groups is 2. The van der Waals surface area contributed by atoms with Crippen molar-refractivity contribution in [1.82, 2.24) is 0 Å². The van der Waals surface area contributed by atoms with Gasteiger partial charge in [-0.3, -0.25) is 9.59 Å². The second-order valence-electron chi connectivity index (χ2n) is 8.65. The first-order valence-corrected chi connectivity index (χ1v) is 8.82. The van der Waals surface area contributed by atoms with Crippen LogP contribution in [0.5, 0.6) is 5.75 Å². The minimum absolute atomic E-state index is 0.0158. The summed E-state index contributed by atoms with van der Waals surface area (Å²) < 4.78 is 0. The third-order valence-corrected chi connectivity index (χ3v) is 5.82. The molecule has 0 bridgehead atoms. The van der Waals surface area contributed by atoms with E-state index in [4.69, 9.17) is 0 Å². The summed E-state index contributed by atoms with van der Waals surface area (Å²) in [7, 11) is 0. The number of Topliss-reactive ketones (excluding diaryl/α,β-unsaturated/α-hetero) is 2. The fraction of sp³-hybridized carbons (Fsp3) is 0.455. The third kappa shape index (κ3) is 2.66. The van der Waals surface area contributed by atoms with E-state index < -0.39 is 0 Å². The van der Waals surface area contributed by atoms with Gasteiger partial charge < -0.3 is 5.11 Å². The van der Waals surface area contributed by atoms with E-state index in [2.05, 4.69) is 39.8 Å². The fourth-order valence-corrected chi connectivity index (χ4v) is 4.08. The van der Waals surface area contributed by atoms with Gasteiger partial charge in [0.05, 0.1) is 11.1 Å². The van der Waals surface area contributed by atoms with Gasteiger partial charge in [0.25, 0.3) is 0 Å². The molecule has 1 N–H and O–H groups in total. The molecule has 0 heterocycles. The Bertz CT molecular complexity index is 917. The van der Waals surface area contributed by atoms with E-state index in [-0.39, 0.29) is 39.3 Å². The van der Waals surface area contributed by atoms with Crippen LogP contribution in [0.1, 0.15) is 86.2 Å². The number of carbonyl (C=O) groups excluding carboxylic acids is 2. The lowest BCUT2D eigenvalue weighted by molar-refractivity contribution is 0.101. The molecule has 1 aliphatic carbocycles. The van der Waals surface area contributed by atoms with Crippen LogP contribution < -0.4 is 0 Å². The van der Waals surface area contributed by atoms with E-state index in [9.17, 15) is 14.7 Å². The fourth-order valence-electron chi connectivity index (χ4n) is 4.08. The molecule has 3 nitrogen and oxygen atoms in total. The number of benzene rings is 2. The molecule has 25 heavy (non-hydrogen) atoms. The molecular formula is C22H26O3. The highest BCUT2D eigenvalue weighted by Crippen LogP contribution is 2.48. The first-order valence-electron chi connectivity index (χ1n) is 8.82. The number of fused-ring (bicyclic) bond motifs is 2. The highest BCUT2D eigenvalue weighted by Gasteiger charge is 2.37. The summed E-state index contributed by atoms with van der Waals surface area (Å²) in [6, 6.07) is 5.90. The summed E-state index contributed by atoms with van der Waals surface area (Å²) in [5.74, 6) is -0.655. The number of ketones is 2. The molecule has 0 fully saturated rings. The van der Waals surface area contributed by atoms with E-state index in [1.165, 1.54) is 25.0 Å². The van der Waals surface area contributed by atoms with Crippen LogP contribution >= 0.6 is 0 Å². The highest BCUT2D eigenvalue weighted by molar-refractivity contribution is 6.14. The largest absolute Gasteiger partial charge is 0.506 e. The van der Waals surface area contributed by atoms with Crippen molar-refractivity contribution in [2.75, 3.05) is 0 Å². The lowest BCUT2D eigenvalue weighted by Crippen LogP contribution is -2.33. The summed E-state index contributed by atoms with van der Waals surface area (Å²) in [5, 5.41) is 12.1. The maximum Gasteiger partial charge on any atom is 0.164 e. The molecule has 0 amide bonds. The molecule has 0 aromatic heterocycles. The van der Waals surface area contributed by atoms with Crippen LogP contribution in [-0.2, 0) is 10.8 Å². The number of phenolic OH excluding ortho intramolecular Hbond substituents is 1. The van der Waals surface area contributed by atoms with Crippen molar-refractivity contribution in [2.45, 2.75) is 65.2 Å². The zero-order valence-corrected chi connectivity index (χ0v) is 15.9. The SMILES string of the molecule is CC(=O)c1cc2cc3c(cc2c(C(C)=O)c1O)C(C)(C)CCC3(C)C. The van der Waals surface area contributed by atoms with E-state index in [1.807, 2.05) is 0 Å². The number of hydrogen-bond acceptors (Lipinski definition) is 3. The van der Waals surface area contributed by atoms with Gasteiger partial charge in [0.1, 0.15) is 5.75 Å². The van der Waals surface area contributed by atoms with Crippen molar-refractivity contribution in [3.8, 4) is 5.75 Å². The molecule has 0 atom stereocenters. The second kappa shape index (κ2) is 5.42. The number of rotatable bonds is 2. The van der Waals surface area contributed by atoms with Crippen molar-refractivity contribution in [3.05, 3.63) is 40.5 Å². The summed E-state index contributed by atoms with van der Waals surface area (Å²) in [5.41, 5.74) is 3.03. The van der Waals surface area contributed by atoms with Crippen LogP contribution in [0, 0.1) is 0 Å². The number of phenols is 1. The van der Waals surface area contributed by atoms with Crippen molar-refractivity contribution >= 4 is 22.3 Å². The monoisotopic (exact) mass is 338 g/mol. The van der Waals surface area contributed by atoms with Gasteiger partial charge in [-0.1, -0.05) is 33.8 Å². The molecule has 2 aromatic rings. The maximum atomic E-state index is 12.2. The van der Waals surface area contributed by atoms with Gasteiger partial charge in [-0.2, -0.15) is 0 Å². The zero-order chi connectivity index (χ0) is 18.7. The predicted octanol–water partition coefficient (Wildman–Crippen LogP) is 5.30. The number of aromatic hydroxyl groups is 1. The molecule has 3 heteroatoms. The van der Waals surface area contributed by atoms with Crippen molar-refractivity contribution in [3.63, 3.8) is 0 Å². The molecule has 3 rings (SSSR count). The molecule has 0 radical (unpaired) electrons. The van der Waals surface area contributed by atoms with Gasteiger partial charge in [-0.15, -0.1) is 0 Å². The Morgan fingerprint density at radius 3 is 1.88 bits per heavy atom. The van der Waals surface area contributed by atoms with Crippen LogP contribution in [-0.4, -0.2) is 16.7 Å². The lowest BCUT2D eigenvalue weighted by Gasteiger charge is -2.42. The Balaban J connectivity index is 2.48. The van der Waals surface area contributed by atoms with E-state index >= 15 is 0 Å². The van der Waals surface area contributed by atoms with Crippen LogP contribution in [0.15, 0.2) is 18.2 Å². The molecule has 0 saturated carbocycles. The molecule has 0 saturated heterocycles. The van der Waals surface area contributed by atoms with Crippen molar-refractivity contribution in [2.24, 2.45) is 0 Å². The lowest BCUT2D eigenvalue weighted by atomic mass is 9.62. The maximum absolute atomic E-state index is 12.2.